The van der Waals surface area contributed by atoms with Crippen LogP contribution in [0.2, 0.25) is 6.32 Å². The van der Waals surface area contributed by atoms with Crippen LogP contribution in [-0.4, -0.2) is 37.8 Å². The maximum Gasteiger partial charge on any atom is 0.329 e. The molecule has 0 atom stereocenters. The van der Waals surface area contributed by atoms with E-state index in [1.165, 1.54) is 5.56 Å². The second-order valence-electron chi connectivity index (χ2n) is 5.50. The smallest absolute Gasteiger partial charge is 0.329 e. The van der Waals surface area contributed by atoms with Gasteiger partial charge in [0.2, 0.25) is 0 Å². The Balaban J connectivity index is 1.41. The average molecular weight is 270 g/mol. The van der Waals surface area contributed by atoms with Crippen molar-refractivity contribution in [2.75, 3.05) is 26.3 Å². The maximum atomic E-state index is 5.80. The SMILES string of the molecule is C(#CC[B-]12OCCN1CCO2)CCCc1ccccc1. The van der Waals surface area contributed by atoms with E-state index in [4.69, 9.17) is 9.31 Å². The fourth-order valence-corrected chi connectivity index (χ4v) is 3.03. The van der Waals surface area contributed by atoms with Gasteiger partial charge in [-0.2, -0.15) is 0 Å². The first-order chi connectivity index (χ1) is 9.89. The maximum absolute atomic E-state index is 5.80. The van der Waals surface area contributed by atoms with Crippen LogP contribution in [0.5, 0.6) is 0 Å². The first kappa shape index (κ1) is 13.7. The first-order valence-electron chi connectivity index (χ1n) is 7.57. The highest BCUT2D eigenvalue weighted by molar-refractivity contribution is 6.66. The summed E-state index contributed by atoms with van der Waals surface area (Å²) in [4.78, 5) is 2.32. The van der Waals surface area contributed by atoms with Crippen LogP contribution >= 0.6 is 0 Å². The van der Waals surface area contributed by atoms with Crippen LogP contribution in [0.3, 0.4) is 0 Å². The molecule has 2 heterocycles. The molecular formula is C16H21BNO2-. The second-order valence-corrected chi connectivity index (χ2v) is 5.50. The van der Waals surface area contributed by atoms with Gasteiger partial charge in [0.15, 0.2) is 0 Å². The largest absolute Gasteiger partial charge is 0.553 e. The Morgan fingerprint density at radius 3 is 2.55 bits per heavy atom. The molecule has 2 saturated heterocycles. The number of hydrogen-bond donors (Lipinski definition) is 0. The molecule has 0 bridgehead atoms. The van der Waals surface area contributed by atoms with Crippen LogP contribution in [0.15, 0.2) is 30.3 Å². The fourth-order valence-electron chi connectivity index (χ4n) is 3.03. The van der Waals surface area contributed by atoms with Crippen molar-refractivity contribution in [1.29, 1.82) is 0 Å². The van der Waals surface area contributed by atoms with E-state index in [1.54, 1.807) is 0 Å². The van der Waals surface area contributed by atoms with E-state index < -0.39 is 6.69 Å². The highest BCUT2D eigenvalue weighted by Gasteiger charge is 2.41. The van der Waals surface area contributed by atoms with Gasteiger partial charge in [0, 0.05) is 19.6 Å². The van der Waals surface area contributed by atoms with Gasteiger partial charge in [-0.15, -0.1) is 11.8 Å². The molecule has 2 aliphatic heterocycles. The molecule has 0 spiro atoms. The fraction of sp³-hybridized carbons (Fsp3) is 0.500. The third-order valence-corrected chi connectivity index (χ3v) is 4.16. The summed E-state index contributed by atoms with van der Waals surface area (Å²) in [5, 5.41) is 0. The number of hydrogen-bond acceptors (Lipinski definition) is 3. The summed E-state index contributed by atoms with van der Waals surface area (Å²) in [6.45, 7) is 2.35. The van der Waals surface area contributed by atoms with Crippen molar-refractivity contribution in [1.82, 2.24) is 4.81 Å². The van der Waals surface area contributed by atoms with Gasteiger partial charge in [0.25, 0.3) is 0 Å². The van der Waals surface area contributed by atoms with E-state index in [0.717, 1.165) is 51.9 Å². The second kappa shape index (κ2) is 6.45. The summed E-state index contributed by atoms with van der Waals surface area (Å²) in [5.41, 5.74) is 1.39. The number of benzene rings is 1. The van der Waals surface area contributed by atoms with Crippen LogP contribution in [0, 0.1) is 11.8 Å². The van der Waals surface area contributed by atoms with Crippen LogP contribution in [-0.2, 0) is 15.7 Å². The molecule has 2 aliphatic rings. The van der Waals surface area contributed by atoms with Gasteiger partial charge in [-0.1, -0.05) is 30.3 Å². The minimum absolute atomic E-state index is 0.728. The van der Waals surface area contributed by atoms with Crippen LogP contribution in [0.25, 0.3) is 0 Å². The lowest BCUT2D eigenvalue weighted by molar-refractivity contribution is 0.223. The summed E-state index contributed by atoms with van der Waals surface area (Å²) in [7, 11) is 0. The van der Waals surface area contributed by atoms with Crippen molar-refractivity contribution in [2.45, 2.75) is 25.6 Å². The molecule has 0 aromatic heterocycles. The summed E-state index contributed by atoms with van der Waals surface area (Å²) in [5.74, 6) is 6.53. The lowest BCUT2D eigenvalue weighted by Crippen LogP contribution is -2.46. The van der Waals surface area contributed by atoms with Crippen molar-refractivity contribution in [3.63, 3.8) is 0 Å². The van der Waals surface area contributed by atoms with Gasteiger partial charge in [-0.25, -0.2) is 0 Å². The van der Waals surface area contributed by atoms with Gasteiger partial charge in [0.05, 0.1) is 0 Å². The Bertz CT molecular complexity index is 484. The van der Waals surface area contributed by atoms with Crippen LogP contribution in [0.4, 0.5) is 0 Å². The number of aryl methyl sites for hydroxylation is 1. The normalized spacial score (nSPS) is 20.4. The molecule has 0 amide bonds. The number of unbranched alkanes of at least 4 members (excludes halogenated alkanes) is 1. The molecule has 0 aliphatic carbocycles. The molecular weight excluding hydrogens is 249 g/mol. The Kier molecular flexibility index (Phi) is 4.42. The first-order valence-corrected chi connectivity index (χ1v) is 7.57. The van der Waals surface area contributed by atoms with Gasteiger partial charge in [-0.05, 0) is 37.8 Å². The Labute approximate surface area is 121 Å². The Morgan fingerprint density at radius 2 is 1.80 bits per heavy atom. The number of fused-ring (bicyclic) bond motifs is 1. The minimum Gasteiger partial charge on any atom is -0.553 e. The predicted molar refractivity (Wildman–Crippen MR) is 81.2 cm³/mol. The van der Waals surface area contributed by atoms with Crippen molar-refractivity contribution in [3.05, 3.63) is 35.9 Å². The molecule has 0 unspecified atom stereocenters. The van der Waals surface area contributed by atoms with Crippen molar-refractivity contribution < 1.29 is 9.31 Å². The molecule has 0 radical (unpaired) electrons. The lowest BCUT2D eigenvalue weighted by Gasteiger charge is -2.34. The van der Waals surface area contributed by atoms with E-state index in [1.807, 2.05) is 0 Å². The molecule has 2 fully saturated rings. The van der Waals surface area contributed by atoms with Crippen molar-refractivity contribution >= 4 is 6.69 Å². The summed E-state index contributed by atoms with van der Waals surface area (Å²) >= 11 is 0. The van der Waals surface area contributed by atoms with Gasteiger partial charge in [-0.3, -0.25) is 0 Å². The van der Waals surface area contributed by atoms with E-state index >= 15 is 0 Å². The van der Waals surface area contributed by atoms with Crippen molar-refractivity contribution in [2.24, 2.45) is 0 Å². The molecule has 1 aromatic carbocycles. The molecule has 20 heavy (non-hydrogen) atoms. The van der Waals surface area contributed by atoms with Crippen molar-refractivity contribution in [3.8, 4) is 11.8 Å². The van der Waals surface area contributed by atoms with E-state index in [0.29, 0.717) is 0 Å². The van der Waals surface area contributed by atoms with E-state index in [9.17, 15) is 0 Å². The molecule has 0 N–H and O–H groups in total. The summed E-state index contributed by atoms with van der Waals surface area (Å²) in [6, 6.07) is 10.6. The summed E-state index contributed by atoms with van der Waals surface area (Å²) in [6.07, 6.45) is 3.89. The molecule has 1 aromatic rings. The predicted octanol–water partition coefficient (Wildman–Crippen LogP) is 2.31. The van der Waals surface area contributed by atoms with Crippen LogP contribution < -0.4 is 0 Å². The molecule has 3 rings (SSSR count). The number of nitrogens with zero attached hydrogens (tertiary/aromatic N) is 1. The third kappa shape index (κ3) is 3.07. The number of rotatable bonds is 4. The monoisotopic (exact) mass is 270 g/mol. The van der Waals surface area contributed by atoms with E-state index in [-0.39, 0.29) is 0 Å². The Morgan fingerprint density at radius 1 is 1.05 bits per heavy atom. The van der Waals surface area contributed by atoms with Gasteiger partial charge in [0.1, 0.15) is 0 Å². The highest BCUT2D eigenvalue weighted by Crippen LogP contribution is 2.27. The highest BCUT2D eigenvalue weighted by atomic mass is 16.6. The lowest BCUT2D eigenvalue weighted by atomic mass is 9.67. The quantitative estimate of drug-likeness (QED) is 0.476. The zero-order chi connectivity index (χ0) is 13.7. The zero-order valence-electron chi connectivity index (χ0n) is 11.9. The van der Waals surface area contributed by atoms with Gasteiger partial charge < -0.3 is 14.1 Å². The zero-order valence-corrected chi connectivity index (χ0v) is 11.9. The molecule has 4 heteroatoms. The molecule has 106 valence electrons. The average Bonchev–Trinajstić information content (AvgIpc) is 3.03. The molecule has 0 saturated carbocycles. The topological polar surface area (TPSA) is 21.7 Å². The Hall–Kier alpha value is -1.28. The van der Waals surface area contributed by atoms with Crippen LogP contribution in [0.1, 0.15) is 18.4 Å². The van der Waals surface area contributed by atoms with E-state index in [2.05, 4.69) is 47.0 Å². The third-order valence-electron chi connectivity index (χ3n) is 4.16. The molecule has 3 nitrogen and oxygen atoms in total. The summed E-state index contributed by atoms with van der Waals surface area (Å²) < 4.78 is 11.6. The minimum atomic E-state index is -1.22. The standard InChI is InChI=1S/C16H21BNO2/c1(4-8-16-9-5-3-6-10-16)2-7-11-17-18(12-14-19-17)13-15-20-17/h3,5-6,9-10H,1,4,8,11-15H2/q-1. The van der Waals surface area contributed by atoms with Gasteiger partial charge >= 0.3 is 6.69 Å².